The van der Waals surface area contributed by atoms with Crippen LogP contribution in [0.4, 0.5) is 0 Å². The quantitative estimate of drug-likeness (QED) is 0.576. The average molecular weight is 257 g/mol. The lowest BCUT2D eigenvalue weighted by molar-refractivity contribution is -0.139. The van der Waals surface area contributed by atoms with Gasteiger partial charge in [0.1, 0.15) is 14.5 Å². The summed E-state index contributed by atoms with van der Waals surface area (Å²) in [6.07, 6.45) is 7.23. The van der Waals surface area contributed by atoms with Gasteiger partial charge in [-0.3, -0.25) is 9.79 Å². The Kier molecular flexibility index (Phi) is 8.26. The first-order valence-corrected chi connectivity index (χ1v) is 6.18. The van der Waals surface area contributed by atoms with Crippen molar-refractivity contribution in [1.29, 1.82) is 0 Å². The van der Waals surface area contributed by atoms with Gasteiger partial charge in [-0.05, 0) is 23.3 Å². The van der Waals surface area contributed by atoms with Gasteiger partial charge in [0.2, 0.25) is 0 Å². The number of carbonyl (C=O) groups is 1. The minimum absolute atomic E-state index is 0.174. The molecule has 0 unspecified atom stereocenters. The second-order valence-electron chi connectivity index (χ2n) is 3.62. The minimum atomic E-state index is -0.326. The van der Waals surface area contributed by atoms with Crippen molar-refractivity contribution < 1.29 is 9.53 Å². The molecule has 0 atom stereocenters. The normalized spacial score (nSPS) is 17.6. The van der Waals surface area contributed by atoms with Crippen LogP contribution in [0.5, 0.6) is 0 Å². The maximum Gasteiger partial charge on any atom is 0.302 e. The molecule has 0 amide bonds. The van der Waals surface area contributed by atoms with Crippen LogP contribution in [-0.2, 0) is 9.53 Å². The Morgan fingerprint density at radius 3 is 2.63 bits per heavy atom. The number of aliphatic imine (C=N–C) groups is 1. The second-order valence-corrected chi connectivity index (χ2v) is 3.62. The maximum atomic E-state index is 10.7. The van der Waals surface area contributed by atoms with E-state index in [-0.39, 0.29) is 12.6 Å². The van der Waals surface area contributed by atoms with E-state index in [1.165, 1.54) is 6.92 Å². The SMILES string of the molecule is CC.[B]C1=C/C(=C/C(=C)COC(C)=O)C(=NC)C=C1. The van der Waals surface area contributed by atoms with Crippen molar-refractivity contribution in [3.05, 3.63) is 47.5 Å². The third-order valence-electron chi connectivity index (χ3n) is 2.11. The molecule has 19 heavy (non-hydrogen) atoms. The van der Waals surface area contributed by atoms with Gasteiger partial charge in [-0.1, -0.05) is 38.1 Å². The van der Waals surface area contributed by atoms with E-state index in [1.54, 1.807) is 19.2 Å². The van der Waals surface area contributed by atoms with Gasteiger partial charge in [0, 0.05) is 14.0 Å². The zero-order valence-electron chi connectivity index (χ0n) is 12.1. The summed E-state index contributed by atoms with van der Waals surface area (Å²) in [6.45, 7) is 9.35. The molecule has 1 rings (SSSR count). The molecule has 0 heterocycles. The van der Waals surface area contributed by atoms with Gasteiger partial charge in [0.05, 0.1) is 5.71 Å². The van der Waals surface area contributed by atoms with Gasteiger partial charge in [-0.25, -0.2) is 0 Å². The predicted octanol–water partition coefficient (Wildman–Crippen LogP) is 2.75. The smallest absolute Gasteiger partial charge is 0.302 e. The number of ether oxygens (including phenoxy) is 1. The molecule has 3 nitrogen and oxygen atoms in total. The fraction of sp³-hybridized carbons (Fsp3) is 0.333. The highest BCUT2D eigenvalue weighted by atomic mass is 16.5. The summed E-state index contributed by atoms with van der Waals surface area (Å²) in [5.41, 5.74) is 3.03. The van der Waals surface area contributed by atoms with Crippen molar-refractivity contribution in [2.75, 3.05) is 13.7 Å². The molecule has 1 aliphatic rings. The lowest BCUT2D eigenvalue weighted by atomic mass is 9.87. The van der Waals surface area contributed by atoms with E-state index < -0.39 is 0 Å². The van der Waals surface area contributed by atoms with Crippen molar-refractivity contribution in [2.45, 2.75) is 20.8 Å². The Morgan fingerprint density at radius 1 is 1.47 bits per heavy atom. The molecule has 0 saturated carbocycles. The standard InChI is InChI=1S/C13H14BNO2.C2H6/c1-9(8-17-10(2)16)6-11-7-12(14)4-5-13(11)15-3;1-2/h4-7H,1,8H2,2-3H3;1-2H3/b11-6-,15-13?;. The van der Waals surface area contributed by atoms with Gasteiger partial charge in [0.25, 0.3) is 0 Å². The van der Waals surface area contributed by atoms with E-state index in [4.69, 9.17) is 12.6 Å². The first-order chi connectivity index (χ1) is 9.02. The van der Waals surface area contributed by atoms with Crippen molar-refractivity contribution in [3.63, 3.8) is 0 Å². The lowest BCUT2D eigenvalue weighted by Gasteiger charge is -2.10. The number of hydrogen-bond donors (Lipinski definition) is 0. The molecule has 0 spiro atoms. The van der Waals surface area contributed by atoms with Crippen LogP contribution in [0.3, 0.4) is 0 Å². The highest BCUT2D eigenvalue weighted by Crippen LogP contribution is 2.14. The number of rotatable bonds is 3. The lowest BCUT2D eigenvalue weighted by Crippen LogP contribution is -2.06. The number of hydrogen-bond acceptors (Lipinski definition) is 3. The molecule has 0 aliphatic heterocycles. The summed E-state index contributed by atoms with van der Waals surface area (Å²) in [6, 6.07) is 0. The van der Waals surface area contributed by atoms with Gasteiger partial charge >= 0.3 is 5.97 Å². The molecule has 0 N–H and O–H groups in total. The Labute approximate surface area is 116 Å². The van der Waals surface area contributed by atoms with Crippen LogP contribution >= 0.6 is 0 Å². The topological polar surface area (TPSA) is 38.7 Å². The van der Waals surface area contributed by atoms with E-state index in [0.29, 0.717) is 11.0 Å². The highest BCUT2D eigenvalue weighted by molar-refractivity contribution is 6.27. The zero-order chi connectivity index (χ0) is 14.8. The van der Waals surface area contributed by atoms with Crippen molar-refractivity contribution in [2.24, 2.45) is 4.99 Å². The summed E-state index contributed by atoms with van der Waals surface area (Å²) in [4.78, 5) is 14.8. The van der Waals surface area contributed by atoms with Gasteiger partial charge in [-0.2, -0.15) is 0 Å². The van der Waals surface area contributed by atoms with Crippen LogP contribution in [0, 0.1) is 0 Å². The van der Waals surface area contributed by atoms with Crippen molar-refractivity contribution >= 4 is 19.5 Å². The van der Waals surface area contributed by atoms with Crippen LogP contribution in [0.15, 0.2) is 52.5 Å². The molecule has 2 radical (unpaired) electrons. The van der Waals surface area contributed by atoms with Gasteiger partial charge in [-0.15, -0.1) is 0 Å². The number of esters is 1. The molecule has 4 heteroatoms. The molecule has 100 valence electrons. The summed E-state index contributed by atoms with van der Waals surface area (Å²) >= 11 is 0. The first kappa shape index (κ1) is 17.2. The van der Waals surface area contributed by atoms with E-state index in [9.17, 15) is 4.79 Å². The van der Waals surface area contributed by atoms with Crippen molar-refractivity contribution in [1.82, 2.24) is 0 Å². The number of carbonyl (C=O) groups excluding carboxylic acids is 1. The fourth-order valence-corrected chi connectivity index (χ4v) is 1.35. The van der Waals surface area contributed by atoms with Gasteiger partial charge in [0.15, 0.2) is 0 Å². The summed E-state index contributed by atoms with van der Waals surface area (Å²) in [7, 11) is 7.41. The first-order valence-electron chi connectivity index (χ1n) is 6.18. The van der Waals surface area contributed by atoms with Crippen LogP contribution in [0.25, 0.3) is 0 Å². The molecule has 0 fully saturated rings. The van der Waals surface area contributed by atoms with Crippen LogP contribution < -0.4 is 0 Å². The van der Waals surface area contributed by atoms with E-state index in [0.717, 1.165) is 11.3 Å². The highest BCUT2D eigenvalue weighted by Gasteiger charge is 2.06. The summed E-state index contributed by atoms with van der Waals surface area (Å²) in [5, 5.41) is 0. The largest absolute Gasteiger partial charge is 0.461 e. The molecule has 0 aromatic carbocycles. The van der Waals surface area contributed by atoms with Crippen LogP contribution in [0.2, 0.25) is 0 Å². The molecular formula is C15H20BNO2. The van der Waals surface area contributed by atoms with Crippen molar-refractivity contribution in [3.8, 4) is 0 Å². The Morgan fingerprint density at radius 2 is 2.11 bits per heavy atom. The predicted molar refractivity (Wildman–Crippen MR) is 81.5 cm³/mol. The molecule has 1 aliphatic carbocycles. The molecular weight excluding hydrogens is 237 g/mol. The maximum absolute atomic E-state index is 10.7. The van der Waals surface area contributed by atoms with E-state index in [2.05, 4.69) is 11.6 Å². The van der Waals surface area contributed by atoms with Crippen LogP contribution in [-0.4, -0.2) is 33.2 Å². The summed E-state index contributed by atoms with van der Waals surface area (Å²) < 4.78 is 4.85. The molecule has 0 aromatic rings. The van der Waals surface area contributed by atoms with Gasteiger partial charge < -0.3 is 4.74 Å². The Hall–Kier alpha value is -1.84. The summed E-state index contributed by atoms with van der Waals surface area (Å²) in [5.74, 6) is -0.326. The second kappa shape index (κ2) is 9.14. The molecule has 0 saturated heterocycles. The average Bonchev–Trinajstić information content (AvgIpc) is 2.39. The Bertz CT molecular complexity index is 457. The third-order valence-corrected chi connectivity index (χ3v) is 2.11. The van der Waals surface area contributed by atoms with E-state index >= 15 is 0 Å². The molecule has 0 bridgehead atoms. The Balaban J connectivity index is 0.00000154. The monoisotopic (exact) mass is 257 g/mol. The third kappa shape index (κ3) is 6.60. The number of nitrogens with zero attached hydrogens (tertiary/aromatic N) is 1. The molecule has 0 aromatic heterocycles. The zero-order valence-corrected chi connectivity index (χ0v) is 12.1. The number of allylic oxidation sites excluding steroid dienone is 5. The fourth-order valence-electron chi connectivity index (χ4n) is 1.35. The minimum Gasteiger partial charge on any atom is -0.461 e. The van der Waals surface area contributed by atoms with E-state index in [1.807, 2.05) is 26.0 Å². The van der Waals surface area contributed by atoms with Crippen LogP contribution in [0.1, 0.15) is 20.8 Å².